The zero-order valence-electron chi connectivity index (χ0n) is 17.0. The lowest BCUT2D eigenvalue weighted by Gasteiger charge is -2.16. The number of nitrogens with zero attached hydrogens (tertiary/aromatic N) is 3. The molecule has 0 radical (unpaired) electrons. The van der Waals surface area contributed by atoms with Gasteiger partial charge in [-0.3, -0.25) is 4.79 Å². The summed E-state index contributed by atoms with van der Waals surface area (Å²) in [4.78, 5) is 20.3. The van der Waals surface area contributed by atoms with E-state index in [4.69, 9.17) is 16.6 Å². The van der Waals surface area contributed by atoms with Gasteiger partial charge in [-0.25, -0.2) is 9.55 Å². The third-order valence-corrected chi connectivity index (χ3v) is 5.28. The van der Waals surface area contributed by atoms with Crippen molar-refractivity contribution >= 4 is 34.1 Å². The van der Waals surface area contributed by atoms with E-state index in [9.17, 15) is 4.79 Å². The molecule has 0 spiro atoms. The molecule has 30 heavy (non-hydrogen) atoms. The topological polar surface area (TPSA) is 50.2 Å². The molecule has 6 heteroatoms. The quantitative estimate of drug-likeness (QED) is 0.465. The Morgan fingerprint density at radius 2 is 1.77 bits per heavy atom. The zero-order valence-corrected chi connectivity index (χ0v) is 17.7. The van der Waals surface area contributed by atoms with Crippen LogP contribution in [0.2, 0.25) is 5.02 Å². The fraction of sp³-hybridized carbons (Fsp3) is 0.167. The van der Waals surface area contributed by atoms with Crippen LogP contribution in [-0.4, -0.2) is 28.0 Å². The number of rotatable bonds is 6. The van der Waals surface area contributed by atoms with E-state index in [0.29, 0.717) is 21.9 Å². The van der Waals surface area contributed by atoms with Gasteiger partial charge in [0.2, 0.25) is 5.95 Å². The molecule has 152 valence electrons. The molecule has 1 heterocycles. The maximum absolute atomic E-state index is 13.3. The molecule has 1 N–H and O–H groups in total. The number of anilines is 2. The molecule has 1 aromatic heterocycles. The maximum Gasteiger partial charge on any atom is 0.267 e. The average molecular weight is 419 g/mol. The molecule has 0 aliphatic rings. The molecular weight excluding hydrogens is 396 g/mol. The van der Waals surface area contributed by atoms with Crippen LogP contribution >= 0.6 is 11.6 Å². The van der Waals surface area contributed by atoms with Gasteiger partial charge < -0.3 is 10.2 Å². The summed E-state index contributed by atoms with van der Waals surface area (Å²) in [5, 5.41) is 4.31. The van der Waals surface area contributed by atoms with Crippen molar-refractivity contribution in [3.63, 3.8) is 0 Å². The summed E-state index contributed by atoms with van der Waals surface area (Å²) in [5.74, 6) is 0.458. The molecule has 3 aromatic carbocycles. The van der Waals surface area contributed by atoms with E-state index in [2.05, 4.69) is 36.3 Å². The highest BCUT2D eigenvalue weighted by Crippen LogP contribution is 2.22. The predicted octanol–water partition coefficient (Wildman–Crippen LogP) is 5.23. The minimum absolute atomic E-state index is 0.169. The van der Waals surface area contributed by atoms with Crippen molar-refractivity contribution in [2.75, 3.05) is 18.9 Å². The Morgan fingerprint density at radius 3 is 2.47 bits per heavy atom. The normalized spacial score (nSPS) is 11.2. The third-order valence-electron chi connectivity index (χ3n) is 5.05. The van der Waals surface area contributed by atoms with Gasteiger partial charge in [0.1, 0.15) is 0 Å². The summed E-state index contributed by atoms with van der Waals surface area (Å²) in [6.07, 6.45) is 0. The van der Waals surface area contributed by atoms with E-state index in [1.807, 2.05) is 42.5 Å². The molecule has 0 unspecified atom stereocenters. The molecule has 4 rings (SSSR count). The molecule has 0 bridgehead atoms. The lowest BCUT2D eigenvalue weighted by molar-refractivity contribution is 0.346. The number of hydrogen-bond acceptors (Lipinski definition) is 4. The van der Waals surface area contributed by atoms with E-state index in [1.165, 1.54) is 5.56 Å². The second-order valence-corrected chi connectivity index (χ2v) is 7.66. The van der Waals surface area contributed by atoms with Crippen LogP contribution in [0.3, 0.4) is 0 Å². The van der Waals surface area contributed by atoms with Crippen molar-refractivity contribution in [1.82, 2.24) is 14.5 Å². The monoisotopic (exact) mass is 418 g/mol. The number of aromatic nitrogens is 2. The standard InChI is InChI=1S/C24H23ClN4O/c1-3-28(2)16-17-9-12-19(13-10-17)26-24-27-22-14-11-18(25)15-21(22)23(30)29(24)20-7-5-4-6-8-20/h4-15H,3,16H2,1-2H3,(H,26,27). The molecule has 0 saturated heterocycles. The molecule has 0 saturated carbocycles. The van der Waals surface area contributed by atoms with Gasteiger partial charge >= 0.3 is 0 Å². The molecule has 4 aromatic rings. The Hall–Kier alpha value is -3.15. The Bertz CT molecular complexity index is 1220. The Balaban J connectivity index is 1.78. The van der Waals surface area contributed by atoms with Crippen molar-refractivity contribution < 1.29 is 0 Å². The highest BCUT2D eigenvalue weighted by atomic mass is 35.5. The summed E-state index contributed by atoms with van der Waals surface area (Å²) >= 11 is 6.12. The molecule has 0 atom stereocenters. The van der Waals surface area contributed by atoms with Crippen molar-refractivity contribution in [3.8, 4) is 5.69 Å². The van der Waals surface area contributed by atoms with Crippen LogP contribution < -0.4 is 10.9 Å². The summed E-state index contributed by atoms with van der Waals surface area (Å²) < 4.78 is 1.58. The third kappa shape index (κ3) is 4.22. The van der Waals surface area contributed by atoms with Crippen LogP contribution in [0.15, 0.2) is 77.6 Å². The smallest absolute Gasteiger partial charge is 0.267 e. The molecule has 0 fully saturated rings. The molecular formula is C24H23ClN4O. The minimum atomic E-state index is -0.169. The Morgan fingerprint density at radius 1 is 1.03 bits per heavy atom. The second-order valence-electron chi connectivity index (χ2n) is 7.23. The van der Waals surface area contributed by atoms with E-state index < -0.39 is 0 Å². The first kappa shape index (κ1) is 20.1. The van der Waals surface area contributed by atoms with Gasteiger partial charge in [-0.05, 0) is 61.6 Å². The SMILES string of the molecule is CCN(C)Cc1ccc(Nc2nc3ccc(Cl)cc3c(=O)n2-c2ccccc2)cc1. The number of halogens is 1. The lowest BCUT2D eigenvalue weighted by Crippen LogP contribution is -2.22. The van der Waals surface area contributed by atoms with Crippen molar-refractivity contribution in [2.24, 2.45) is 0 Å². The lowest BCUT2D eigenvalue weighted by atomic mass is 10.2. The highest BCUT2D eigenvalue weighted by molar-refractivity contribution is 6.31. The summed E-state index contributed by atoms with van der Waals surface area (Å²) in [6.45, 7) is 4.02. The first-order valence-electron chi connectivity index (χ1n) is 9.87. The summed E-state index contributed by atoms with van der Waals surface area (Å²) in [6, 6.07) is 22.8. The van der Waals surface area contributed by atoms with Crippen LogP contribution in [0.1, 0.15) is 12.5 Å². The van der Waals surface area contributed by atoms with Crippen LogP contribution in [-0.2, 0) is 6.54 Å². The van der Waals surface area contributed by atoms with Crippen LogP contribution in [0.25, 0.3) is 16.6 Å². The maximum atomic E-state index is 13.3. The van der Waals surface area contributed by atoms with Gasteiger partial charge in [0, 0.05) is 17.3 Å². The van der Waals surface area contributed by atoms with E-state index in [1.54, 1.807) is 22.8 Å². The van der Waals surface area contributed by atoms with Crippen LogP contribution in [0.4, 0.5) is 11.6 Å². The van der Waals surface area contributed by atoms with Gasteiger partial charge in [0.15, 0.2) is 0 Å². The van der Waals surface area contributed by atoms with E-state index in [0.717, 1.165) is 24.5 Å². The van der Waals surface area contributed by atoms with Gasteiger partial charge in [0.05, 0.1) is 16.6 Å². The van der Waals surface area contributed by atoms with Crippen LogP contribution in [0, 0.1) is 0 Å². The number of benzene rings is 3. The molecule has 0 amide bonds. The van der Waals surface area contributed by atoms with E-state index >= 15 is 0 Å². The van der Waals surface area contributed by atoms with Gasteiger partial charge in [-0.1, -0.05) is 48.9 Å². The molecule has 5 nitrogen and oxygen atoms in total. The summed E-state index contributed by atoms with van der Waals surface area (Å²) in [5.41, 5.74) is 3.26. The number of fused-ring (bicyclic) bond motifs is 1. The highest BCUT2D eigenvalue weighted by Gasteiger charge is 2.13. The van der Waals surface area contributed by atoms with Crippen molar-refractivity contribution in [2.45, 2.75) is 13.5 Å². The second kappa shape index (κ2) is 8.69. The predicted molar refractivity (Wildman–Crippen MR) is 124 cm³/mol. The van der Waals surface area contributed by atoms with Crippen molar-refractivity contribution in [1.29, 1.82) is 0 Å². The van der Waals surface area contributed by atoms with Gasteiger partial charge in [-0.15, -0.1) is 0 Å². The van der Waals surface area contributed by atoms with Crippen molar-refractivity contribution in [3.05, 3.63) is 93.7 Å². The van der Waals surface area contributed by atoms with Gasteiger partial charge in [-0.2, -0.15) is 0 Å². The molecule has 0 aliphatic carbocycles. The number of nitrogens with one attached hydrogen (secondary N) is 1. The fourth-order valence-corrected chi connectivity index (χ4v) is 3.48. The minimum Gasteiger partial charge on any atom is -0.325 e. The largest absolute Gasteiger partial charge is 0.325 e. The first-order chi connectivity index (χ1) is 14.5. The average Bonchev–Trinajstić information content (AvgIpc) is 2.76. The number of para-hydroxylation sites is 1. The Kier molecular flexibility index (Phi) is 5.84. The van der Waals surface area contributed by atoms with Crippen LogP contribution in [0.5, 0.6) is 0 Å². The first-order valence-corrected chi connectivity index (χ1v) is 10.2. The van der Waals surface area contributed by atoms with Gasteiger partial charge in [0.25, 0.3) is 5.56 Å². The number of hydrogen-bond donors (Lipinski definition) is 1. The molecule has 0 aliphatic heterocycles. The summed E-state index contributed by atoms with van der Waals surface area (Å²) in [7, 11) is 2.09. The Labute approximate surface area is 180 Å². The zero-order chi connectivity index (χ0) is 21.1. The fourth-order valence-electron chi connectivity index (χ4n) is 3.30. The van der Waals surface area contributed by atoms with E-state index in [-0.39, 0.29) is 5.56 Å².